The van der Waals surface area contributed by atoms with Gasteiger partial charge in [-0.05, 0) is 62.3 Å². The summed E-state index contributed by atoms with van der Waals surface area (Å²) in [5.74, 6) is -0.527. The SMILES string of the molecule is CC(NC(=O)c1cn(CCCCn2ccc(NC(=O)CC3CCCCC3)cc2=O)nn1)c1cccc(OC(F)(F)F)c1. The zero-order valence-electron chi connectivity index (χ0n) is 23.4. The molecule has 1 aromatic carbocycles. The van der Waals surface area contributed by atoms with Crippen LogP contribution in [0, 0.1) is 5.92 Å². The number of amides is 2. The molecule has 0 aliphatic heterocycles. The molecular formula is C29H35F3N6O4. The number of pyridine rings is 1. The first kappa shape index (κ1) is 30.8. The summed E-state index contributed by atoms with van der Waals surface area (Å²) in [7, 11) is 0. The molecule has 1 aliphatic carbocycles. The fourth-order valence-electron chi connectivity index (χ4n) is 5.04. The molecule has 1 fully saturated rings. The lowest BCUT2D eigenvalue weighted by molar-refractivity contribution is -0.274. The number of aromatic nitrogens is 4. The number of carbonyl (C=O) groups is 2. The van der Waals surface area contributed by atoms with E-state index in [4.69, 9.17) is 0 Å². The lowest BCUT2D eigenvalue weighted by Crippen LogP contribution is -2.27. The third-order valence-corrected chi connectivity index (χ3v) is 7.23. The van der Waals surface area contributed by atoms with Crippen molar-refractivity contribution in [3.05, 3.63) is 70.4 Å². The van der Waals surface area contributed by atoms with E-state index in [1.54, 1.807) is 29.8 Å². The Morgan fingerprint density at radius 3 is 2.60 bits per heavy atom. The molecule has 1 atom stereocenters. The van der Waals surface area contributed by atoms with Crippen molar-refractivity contribution >= 4 is 17.5 Å². The topological polar surface area (TPSA) is 120 Å². The fraction of sp³-hybridized carbons (Fsp3) is 0.483. The number of nitrogens with zero attached hydrogens (tertiary/aromatic N) is 4. The lowest BCUT2D eigenvalue weighted by Gasteiger charge is -2.20. The fourth-order valence-corrected chi connectivity index (χ4v) is 5.04. The zero-order valence-corrected chi connectivity index (χ0v) is 23.4. The monoisotopic (exact) mass is 588 g/mol. The normalized spacial score (nSPS) is 14.8. The number of carbonyl (C=O) groups excluding carboxylic acids is 2. The minimum Gasteiger partial charge on any atom is -0.406 e. The lowest BCUT2D eigenvalue weighted by atomic mass is 9.87. The summed E-state index contributed by atoms with van der Waals surface area (Å²) in [5.41, 5.74) is 0.807. The molecule has 13 heteroatoms. The van der Waals surface area contributed by atoms with Crippen LogP contribution in [0.5, 0.6) is 5.75 Å². The Kier molecular flexibility index (Phi) is 10.4. The molecule has 3 aromatic rings. The van der Waals surface area contributed by atoms with E-state index in [-0.39, 0.29) is 22.9 Å². The molecule has 0 radical (unpaired) electrons. The van der Waals surface area contributed by atoms with Gasteiger partial charge in [0.15, 0.2) is 5.69 Å². The van der Waals surface area contributed by atoms with Gasteiger partial charge in [-0.15, -0.1) is 18.3 Å². The van der Waals surface area contributed by atoms with Crippen molar-refractivity contribution in [1.82, 2.24) is 24.9 Å². The van der Waals surface area contributed by atoms with Crippen molar-refractivity contribution < 1.29 is 27.5 Å². The maximum absolute atomic E-state index is 12.6. The largest absolute Gasteiger partial charge is 0.573 e. The standard InChI is InChI=1S/C29H35F3N6O4/c1-20(22-10-7-11-24(17-22)42-29(30,31)32)33-28(41)25-19-38(36-35-25)14-6-5-13-37-15-12-23(18-27(37)40)34-26(39)16-21-8-3-2-4-9-21/h7,10-12,15,17-21H,2-6,8-9,13-14,16H2,1H3,(H,33,41)(H,34,39). The van der Waals surface area contributed by atoms with Crippen LogP contribution in [-0.4, -0.2) is 37.7 Å². The van der Waals surface area contributed by atoms with Gasteiger partial charge in [0.25, 0.3) is 11.5 Å². The van der Waals surface area contributed by atoms with Crippen LogP contribution in [0.25, 0.3) is 0 Å². The van der Waals surface area contributed by atoms with Gasteiger partial charge in [-0.25, -0.2) is 0 Å². The van der Waals surface area contributed by atoms with Gasteiger partial charge in [-0.2, -0.15) is 0 Å². The second-order valence-electron chi connectivity index (χ2n) is 10.6. The van der Waals surface area contributed by atoms with Gasteiger partial charge in [-0.1, -0.05) is 36.6 Å². The van der Waals surface area contributed by atoms with E-state index in [0.717, 1.165) is 12.8 Å². The number of nitrogens with one attached hydrogen (secondary N) is 2. The van der Waals surface area contributed by atoms with Crippen LogP contribution in [0.3, 0.4) is 0 Å². The van der Waals surface area contributed by atoms with Crippen molar-refractivity contribution in [2.75, 3.05) is 5.32 Å². The van der Waals surface area contributed by atoms with E-state index in [0.29, 0.717) is 49.5 Å². The van der Waals surface area contributed by atoms with Crippen LogP contribution in [0.15, 0.2) is 53.6 Å². The summed E-state index contributed by atoms with van der Waals surface area (Å²) >= 11 is 0. The average Bonchev–Trinajstić information content (AvgIpc) is 3.41. The Hall–Kier alpha value is -4.16. The van der Waals surface area contributed by atoms with E-state index < -0.39 is 18.3 Å². The summed E-state index contributed by atoms with van der Waals surface area (Å²) < 4.78 is 44.5. The molecule has 10 nitrogen and oxygen atoms in total. The maximum atomic E-state index is 12.6. The number of benzene rings is 1. The zero-order chi connectivity index (χ0) is 30.1. The third kappa shape index (κ3) is 9.45. The molecule has 42 heavy (non-hydrogen) atoms. The van der Waals surface area contributed by atoms with E-state index in [1.807, 2.05) is 0 Å². The van der Waals surface area contributed by atoms with Gasteiger partial charge in [0, 0.05) is 37.5 Å². The molecule has 2 N–H and O–H groups in total. The first-order chi connectivity index (χ1) is 20.1. The highest BCUT2D eigenvalue weighted by atomic mass is 19.4. The molecule has 2 aromatic heterocycles. The molecule has 0 saturated heterocycles. The van der Waals surface area contributed by atoms with Gasteiger partial charge in [0.05, 0.1) is 12.2 Å². The summed E-state index contributed by atoms with van der Waals surface area (Å²) in [6.07, 6.45) is 5.92. The van der Waals surface area contributed by atoms with Gasteiger partial charge in [-0.3, -0.25) is 19.1 Å². The highest BCUT2D eigenvalue weighted by Crippen LogP contribution is 2.27. The van der Waals surface area contributed by atoms with Crippen molar-refractivity contribution in [3.63, 3.8) is 0 Å². The molecule has 0 bridgehead atoms. The Morgan fingerprint density at radius 1 is 1.10 bits per heavy atom. The number of rotatable bonds is 12. The summed E-state index contributed by atoms with van der Waals surface area (Å²) in [6, 6.07) is 7.94. The predicted octanol–water partition coefficient (Wildman–Crippen LogP) is 5.22. The quantitative estimate of drug-likeness (QED) is 0.280. The first-order valence-electron chi connectivity index (χ1n) is 14.1. The summed E-state index contributed by atoms with van der Waals surface area (Å²) in [4.78, 5) is 37.4. The van der Waals surface area contributed by atoms with E-state index >= 15 is 0 Å². The molecule has 226 valence electrons. The van der Waals surface area contributed by atoms with Gasteiger partial charge in [0.2, 0.25) is 5.91 Å². The highest BCUT2D eigenvalue weighted by Gasteiger charge is 2.31. The van der Waals surface area contributed by atoms with E-state index in [9.17, 15) is 27.6 Å². The van der Waals surface area contributed by atoms with Crippen LogP contribution >= 0.6 is 0 Å². The van der Waals surface area contributed by atoms with E-state index in [2.05, 4.69) is 25.7 Å². The minimum absolute atomic E-state index is 0.0564. The molecule has 1 aliphatic rings. The summed E-state index contributed by atoms with van der Waals surface area (Å²) in [6.45, 7) is 2.58. The number of ether oxygens (including phenoxy) is 1. The Bertz CT molecular complexity index is 1410. The Balaban J connectivity index is 1.20. The number of anilines is 1. The van der Waals surface area contributed by atoms with Gasteiger partial charge >= 0.3 is 6.36 Å². The van der Waals surface area contributed by atoms with Crippen LogP contribution in [-0.2, 0) is 17.9 Å². The molecule has 0 spiro atoms. The highest BCUT2D eigenvalue weighted by molar-refractivity contribution is 5.92. The number of alkyl halides is 3. The molecule has 4 rings (SSSR count). The second kappa shape index (κ2) is 14.1. The molecule has 1 unspecified atom stereocenters. The number of aryl methyl sites for hydroxylation is 2. The van der Waals surface area contributed by atoms with Crippen molar-refractivity contribution in [2.24, 2.45) is 5.92 Å². The van der Waals surface area contributed by atoms with Crippen LogP contribution in [0.4, 0.5) is 18.9 Å². The third-order valence-electron chi connectivity index (χ3n) is 7.23. The molecule has 2 amide bonds. The average molecular weight is 589 g/mol. The Labute approximate surface area is 241 Å². The number of halogens is 3. The van der Waals surface area contributed by atoms with Gasteiger partial charge in [0.1, 0.15) is 5.75 Å². The molecular weight excluding hydrogens is 553 g/mol. The number of unbranched alkanes of at least 4 members (excludes halogenated alkanes) is 1. The molecule has 1 saturated carbocycles. The minimum atomic E-state index is -4.81. The van der Waals surface area contributed by atoms with Crippen molar-refractivity contribution in [3.8, 4) is 5.75 Å². The molecule has 2 heterocycles. The Morgan fingerprint density at radius 2 is 1.86 bits per heavy atom. The maximum Gasteiger partial charge on any atom is 0.573 e. The first-order valence-corrected chi connectivity index (χ1v) is 14.1. The van der Waals surface area contributed by atoms with Crippen LogP contribution in [0.2, 0.25) is 0 Å². The van der Waals surface area contributed by atoms with Crippen molar-refractivity contribution in [2.45, 2.75) is 83.8 Å². The predicted molar refractivity (Wildman–Crippen MR) is 149 cm³/mol. The summed E-state index contributed by atoms with van der Waals surface area (Å²) in [5, 5.41) is 13.4. The van der Waals surface area contributed by atoms with Crippen LogP contribution < -0.4 is 20.9 Å². The number of hydrogen-bond acceptors (Lipinski definition) is 6. The smallest absolute Gasteiger partial charge is 0.406 e. The van der Waals surface area contributed by atoms with E-state index in [1.165, 1.54) is 54.4 Å². The second-order valence-corrected chi connectivity index (χ2v) is 10.6. The van der Waals surface area contributed by atoms with Crippen LogP contribution in [0.1, 0.15) is 80.4 Å². The van der Waals surface area contributed by atoms with Crippen molar-refractivity contribution in [1.29, 1.82) is 0 Å². The number of hydrogen-bond donors (Lipinski definition) is 2. The van der Waals surface area contributed by atoms with Gasteiger partial charge < -0.3 is 19.9 Å².